The summed E-state index contributed by atoms with van der Waals surface area (Å²) in [5, 5.41) is 5.79. The second-order valence-corrected chi connectivity index (χ2v) is 10.1. The van der Waals surface area contributed by atoms with E-state index in [1.165, 1.54) is 31.4 Å². The molecule has 1 saturated carbocycles. The Balaban J connectivity index is 1.38. The first-order valence-corrected chi connectivity index (χ1v) is 12.7. The predicted octanol–water partition coefficient (Wildman–Crippen LogP) is 4.34. The minimum atomic E-state index is -3.86. The third-order valence-corrected chi connectivity index (χ3v) is 7.13. The van der Waals surface area contributed by atoms with Gasteiger partial charge in [-0.05, 0) is 73.9 Å². The number of hydrogen-bond acceptors (Lipinski definition) is 5. The van der Waals surface area contributed by atoms with E-state index in [0.29, 0.717) is 17.0 Å². The highest BCUT2D eigenvalue weighted by Crippen LogP contribution is 2.30. The largest absolute Gasteiger partial charge is 0.495 e. The zero-order chi connectivity index (χ0) is 25.0. The molecule has 35 heavy (non-hydrogen) atoms. The van der Waals surface area contributed by atoms with Gasteiger partial charge in [-0.2, -0.15) is 0 Å². The van der Waals surface area contributed by atoms with Crippen LogP contribution in [0.1, 0.15) is 41.7 Å². The quantitative estimate of drug-likeness (QED) is 0.410. The van der Waals surface area contributed by atoms with E-state index in [9.17, 15) is 18.0 Å². The molecule has 0 saturated heterocycles. The zero-order valence-electron chi connectivity index (χ0n) is 19.4. The van der Waals surface area contributed by atoms with Crippen LogP contribution in [0.5, 0.6) is 5.75 Å². The maximum Gasteiger partial charge on any atom is 0.262 e. The number of rotatable bonds is 9. The molecule has 182 valence electrons. The van der Waals surface area contributed by atoms with Gasteiger partial charge in [-0.25, -0.2) is 8.42 Å². The fourth-order valence-electron chi connectivity index (χ4n) is 3.53. The number of carbonyl (C=O) groups excluding carboxylic acids is 2. The summed E-state index contributed by atoms with van der Waals surface area (Å²) in [5.41, 5.74) is 2.26. The summed E-state index contributed by atoms with van der Waals surface area (Å²) in [4.78, 5) is 24.6. The van der Waals surface area contributed by atoms with Gasteiger partial charge in [0, 0.05) is 17.2 Å². The molecule has 3 aromatic rings. The van der Waals surface area contributed by atoms with Crippen LogP contribution in [0.2, 0.25) is 0 Å². The zero-order valence-corrected chi connectivity index (χ0v) is 20.3. The normalized spacial score (nSPS) is 14.0. The van der Waals surface area contributed by atoms with Crippen molar-refractivity contribution in [2.24, 2.45) is 5.92 Å². The fourth-order valence-corrected chi connectivity index (χ4v) is 4.60. The van der Waals surface area contributed by atoms with E-state index in [1.54, 1.807) is 24.3 Å². The van der Waals surface area contributed by atoms with Crippen molar-refractivity contribution in [3.05, 3.63) is 83.9 Å². The van der Waals surface area contributed by atoms with E-state index in [-0.39, 0.29) is 28.7 Å². The van der Waals surface area contributed by atoms with Gasteiger partial charge in [0.15, 0.2) is 0 Å². The number of nitrogens with one attached hydrogen (secondary N) is 3. The Morgan fingerprint density at radius 2 is 1.60 bits per heavy atom. The Morgan fingerprint density at radius 1 is 0.943 bits per heavy atom. The van der Waals surface area contributed by atoms with Gasteiger partial charge in [0.25, 0.3) is 15.9 Å². The van der Waals surface area contributed by atoms with Gasteiger partial charge >= 0.3 is 0 Å². The van der Waals surface area contributed by atoms with E-state index in [4.69, 9.17) is 4.74 Å². The number of hydrogen-bond donors (Lipinski definition) is 3. The minimum Gasteiger partial charge on any atom is -0.495 e. The van der Waals surface area contributed by atoms with Crippen LogP contribution in [0.4, 0.5) is 11.4 Å². The number of sulfonamides is 1. The standard InChI is InChI=1S/C26H27N3O5S/c1-17(18-9-13-21(14-10-18)28-26(31)19-7-8-19)27-25(30)20-11-15-22(16-12-20)35(32,33)29-23-5-3-4-6-24(23)34-2/h3-6,9-17,19,29H,7-8H2,1-2H3,(H,27,30)(H,28,31). The molecule has 1 unspecified atom stereocenters. The lowest BCUT2D eigenvalue weighted by Gasteiger charge is -2.16. The molecule has 3 N–H and O–H groups in total. The molecule has 0 aliphatic heterocycles. The van der Waals surface area contributed by atoms with Crippen molar-refractivity contribution in [3.63, 3.8) is 0 Å². The number of methoxy groups -OCH3 is 1. The highest BCUT2D eigenvalue weighted by Gasteiger charge is 2.29. The van der Waals surface area contributed by atoms with Gasteiger partial charge in [-0.15, -0.1) is 0 Å². The van der Waals surface area contributed by atoms with E-state index in [1.807, 2.05) is 31.2 Å². The molecule has 4 rings (SSSR count). The highest BCUT2D eigenvalue weighted by molar-refractivity contribution is 7.92. The van der Waals surface area contributed by atoms with Crippen LogP contribution >= 0.6 is 0 Å². The third kappa shape index (κ3) is 5.99. The summed E-state index contributed by atoms with van der Waals surface area (Å²) in [6.45, 7) is 1.85. The molecule has 1 fully saturated rings. The molecule has 9 heteroatoms. The number of carbonyl (C=O) groups is 2. The molecule has 0 aromatic heterocycles. The maximum atomic E-state index is 12.8. The molecule has 0 spiro atoms. The summed E-state index contributed by atoms with van der Waals surface area (Å²) in [6, 6.07) is 19.5. The smallest absolute Gasteiger partial charge is 0.262 e. The first-order chi connectivity index (χ1) is 16.8. The maximum absolute atomic E-state index is 12.8. The lowest BCUT2D eigenvalue weighted by Crippen LogP contribution is -2.26. The number of amides is 2. The molecule has 1 aliphatic carbocycles. The average molecular weight is 494 g/mol. The predicted molar refractivity (Wildman–Crippen MR) is 134 cm³/mol. The van der Waals surface area contributed by atoms with Crippen LogP contribution in [0.25, 0.3) is 0 Å². The Labute approximate surface area is 204 Å². The minimum absolute atomic E-state index is 0.0249. The van der Waals surface area contributed by atoms with Crippen molar-refractivity contribution in [3.8, 4) is 5.75 Å². The Hall–Kier alpha value is -3.85. The van der Waals surface area contributed by atoms with E-state index < -0.39 is 10.0 Å². The van der Waals surface area contributed by atoms with Crippen molar-refractivity contribution in [2.45, 2.75) is 30.7 Å². The number of para-hydroxylation sites is 2. The fraction of sp³-hybridized carbons (Fsp3) is 0.231. The molecule has 2 amide bonds. The lowest BCUT2D eigenvalue weighted by molar-refractivity contribution is -0.117. The SMILES string of the molecule is COc1ccccc1NS(=O)(=O)c1ccc(C(=O)NC(C)c2ccc(NC(=O)C3CC3)cc2)cc1. The molecule has 8 nitrogen and oxygen atoms in total. The van der Waals surface area contributed by atoms with Crippen LogP contribution in [0.15, 0.2) is 77.7 Å². The summed E-state index contributed by atoms with van der Waals surface area (Å²) < 4.78 is 33.2. The Bertz CT molecular complexity index is 1320. The van der Waals surface area contributed by atoms with Crippen LogP contribution in [-0.4, -0.2) is 27.3 Å². The van der Waals surface area contributed by atoms with Gasteiger partial charge in [0.1, 0.15) is 5.75 Å². The van der Waals surface area contributed by atoms with Crippen LogP contribution in [0, 0.1) is 5.92 Å². The first-order valence-electron chi connectivity index (χ1n) is 11.2. The van der Waals surface area contributed by atoms with Gasteiger partial charge in [-0.1, -0.05) is 24.3 Å². The topological polar surface area (TPSA) is 114 Å². The van der Waals surface area contributed by atoms with Crippen molar-refractivity contribution < 1.29 is 22.7 Å². The van der Waals surface area contributed by atoms with E-state index in [2.05, 4.69) is 15.4 Å². The number of ether oxygens (including phenoxy) is 1. The van der Waals surface area contributed by atoms with E-state index >= 15 is 0 Å². The first kappa shape index (κ1) is 24.3. The van der Waals surface area contributed by atoms with Gasteiger partial charge < -0.3 is 15.4 Å². The van der Waals surface area contributed by atoms with Crippen LogP contribution in [0.3, 0.4) is 0 Å². The van der Waals surface area contributed by atoms with Crippen molar-refractivity contribution in [2.75, 3.05) is 17.1 Å². The number of benzene rings is 3. The second-order valence-electron chi connectivity index (χ2n) is 8.41. The van der Waals surface area contributed by atoms with Crippen molar-refractivity contribution in [1.82, 2.24) is 5.32 Å². The third-order valence-electron chi connectivity index (χ3n) is 5.75. The molecule has 0 heterocycles. The molecular weight excluding hydrogens is 466 g/mol. The molecule has 1 atom stereocenters. The van der Waals surface area contributed by atoms with E-state index in [0.717, 1.165) is 24.1 Å². The van der Waals surface area contributed by atoms with Crippen LogP contribution < -0.4 is 20.1 Å². The van der Waals surface area contributed by atoms with Gasteiger partial charge in [-0.3, -0.25) is 14.3 Å². The average Bonchev–Trinajstić information content (AvgIpc) is 3.70. The van der Waals surface area contributed by atoms with Crippen LogP contribution in [-0.2, 0) is 14.8 Å². The summed E-state index contributed by atoms with van der Waals surface area (Å²) in [6.07, 6.45) is 1.89. The number of anilines is 2. The Morgan fingerprint density at radius 3 is 2.23 bits per heavy atom. The van der Waals surface area contributed by atoms with Crippen molar-refractivity contribution in [1.29, 1.82) is 0 Å². The summed E-state index contributed by atoms with van der Waals surface area (Å²) in [5.74, 6) is 0.249. The molecular formula is C26H27N3O5S. The monoisotopic (exact) mass is 493 g/mol. The molecule has 1 aliphatic rings. The Kier molecular flexibility index (Phi) is 7.07. The molecule has 0 bridgehead atoms. The lowest BCUT2D eigenvalue weighted by atomic mass is 10.1. The highest BCUT2D eigenvalue weighted by atomic mass is 32.2. The molecule has 0 radical (unpaired) electrons. The van der Waals surface area contributed by atoms with Gasteiger partial charge in [0.05, 0.1) is 23.7 Å². The summed E-state index contributed by atoms with van der Waals surface area (Å²) in [7, 11) is -2.40. The van der Waals surface area contributed by atoms with Gasteiger partial charge in [0.2, 0.25) is 5.91 Å². The second kappa shape index (κ2) is 10.2. The van der Waals surface area contributed by atoms with Crippen molar-refractivity contribution >= 4 is 33.2 Å². The molecule has 3 aromatic carbocycles. The summed E-state index contributed by atoms with van der Waals surface area (Å²) >= 11 is 0.